The van der Waals surface area contributed by atoms with Crippen LogP contribution in [0, 0.1) is 6.92 Å². The predicted molar refractivity (Wildman–Crippen MR) is 81.4 cm³/mol. The molecule has 0 fully saturated rings. The maximum Gasteiger partial charge on any atom is 0.351 e. The number of benzene rings is 1. The largest absolute Gasteiger partial charge is 0.507 e. The zero-order valence-electron chi connectivity index (χ0n) is 12.0. The summed E-state index contributed by atoms with van der Waals surface area (Å²) in [5.41, 5.74) is -0.646. The Bertz CT molecular complexity index is 859. The first-order valence-electron chi connectivity index (χ1n) is 6.55. The van der Waals surface area contributed by atoms with E-state index in [1.54, 1.807) is 12.1 Å². The highest BCUT2D eigenvalue weighted by atomic mass is 19.3. The number of aromatic hydroxyl groups is 1. The van der Waals surface area contributed by atoms with Crippen molar-refractivity contribution < 1.29 is 23.1 Å². The Balaban J connectivity index is 2.29. The van der Waals surface area contributed by atoms with Crippen LogP contribution in [0.2, 0.25) is 0 Å². The van der Waals surface area contributed by atoms with Crippen LogP contribution < -0.4 is 5.63 Å². The third-order valence-corrected chi connectivity index (χ3v) is 2.91. The third-order valence-electron chi connectivity index (χ3n) is 2.91. The van der Waals surface area contributed by atoms with Crippen LogP contribution >= 0.6 is 0 Å². The summed E-state index contributed by atoms with van der Waals surface area (Å²) in [4.78, 5) is 23.6. The van der Waals surface area contributed by atoms with Gasteiger partial charge >= 0.3 is 5.63 Å². The Morgan fingerprint density at radius 2 is 1.91 bits per heavy atom. The van der Waals surface area contributed by atoms with Gasteiger partial charge in [0.15, 0.2) is 5.78 Å². The number of hydrogen-bond donors (Lipinski definition) is 1. The molecule has 1 N–H and O–H groups in total. The van der Waals surface area contributed by atoms with Gasteiger partial charge in [-0.05, 0) is 30.2 Å². The predicted octanol–water partition coefficient (Wildman–Crippen LogP) is 3.79. The first-order chi connectivity index (χ1) is 10.9. The normalized spacial score (nSPS) is 10.7. The fourth-order valence-electron chi connectivity index (χ4n) is 1.96. The minimum absolute atomic E-state index is 0.181. The molecule has 0 atom stereocenters. The molecule has 23 heavy (non-hydrogen) atoms. The lowest BCUT2D eigenvalue weighted by Crippen LogP contribution is -2.12. The van der Waals surface area contributed by atoms with E-state index in [9.17, 15) is 23.5 Å². The number of carbonyl (C=O) groups is 1. The van der Waals surface area contributed by atoms with Gasteiger partial charge in [0, 0.05) is 12.1 Å². The van der Waals surface area contributed by atoms with Crippen molar-refractivity contribution in [1.82, 2.24) is 0 Å². The molecule has 1 aromatic heterocycles. The van der Waals surface area contributed by atoms with Gasteiger partial charge in [-0.1, -0.05) is 24.3 Å². The summed E-state index contributed by atoms with van der Waals surface area (Å²) < 4.78 is 29.2. The van der Waals surface area contributed by atoms with E-state index in [-0.39, 0.29) is 11.3 Å². The lowest BCUT2D eigenvalue weighted by molar-refractivity contribution is 0.104. The SMILES string of the molecule is Cc1cc(O)c(C(=O)C=Cc2cccc(C=C(F)F)c2)c(=O)o1. The Labute approximate surface area is 130 Å². The molecule has 0 aliphatic carbocycles. The van der Waals surface area contributed by atoms with Crippen molar-refractivity contribution in [1.29, 1.82) is 0 Å². The second-order valence-electron chi connectivity index (χ2n) is 4.71. The van der Waals surface area contributed by atoms with Gasteiger partial charge in [-0.3, -0.25) is 4.79 Å². The van der Waals surface area contributed by atoms with E-state index in [1.807, 2.05) is 0 Å². The molecule has 0 unspecified atom stereocenters. The maximum absolute atomic E-state index is 12.2. The number of hydrogen-bond acceptors (Lipinski definition) is 4. The molecule has 1 aromatic carbocycles. The highest BCUT2D eigenvalue weighted by Crippen LogP contribution is 2.17. The van der Waals surface area contributed by atoms with Crippen molar-refractivity contribution in [2.24, 2.45) is 0 Å². The smallest absolute Gasteiger partial charge is 0.351 e. The average Bonchev–Trinajstić information content (AvgIpc) is 2.43. The van der Waals surface area contributed by atoms with Gasteiger partial charge in [-0.15, -0.1) is 0 Å². The monoisotopic (exact) mass is 318 g/mol. The molecule has 0 bridgehead atoms. The number of rotatable bonds is 4. The molecular weight excluding hydrogens is 306 g/mol. The van der Waals surface area contributed by atoms with Gasteiger partial charge in [-0.25, -0.2) is 4.79 Å². The van der Waals surface area contributed by atoms with E-state index in [4.69, 9.17) is 4.42 Å². The summed E-state index contributed by atoms with van der Waals surface area (Å²) in [5.74, 6) is -1.03. The molecule has 6 heteroatoms. The molecule has 0 aliphatic heterocycles. The molecule has 2 aromatic rings. The fraction of sp³-hybridized carbons (Fsp3) is 0.0588. The van der Waals surface area contributed by atoms with Gasteiger partial charge < -0.3 is 9.52 Å². The van der Waals surface area contributed by atoms with Crippen molar-refractivity contribution in [3.63, 3.8) is 0 Å². The minimum atomic E-state index is -1.83. The van der Waals surface area contributed by atoms with Crippen molar-refractivity contribution >= 4 is 17.9 Å². The number of aryl methyl sites for hydroxylation is 1. The van der Waals surface area contributed by atoms with Crippen LogP contribution in [0.4, 0.5) is 8.78 Å². The Hall–Kier alpha value is -3.02. The van der Waals surface area contributed by atoms with Crippen molar-refractivity contribution in [3.05, 3.63) is 75.4 Å². The Morgan fingerprint density at radius 1 is 1.22 bits per heavy atom. The standard InChI is InChI=1S/C17H12F2O4/c1-10-7-14(21)16(17(22)23-10)13(20)6-5-11-3-2-4-12(8-11)9-15(18)19/h2-9,21H,1H3. The van der Waals surface area contributed by atoms with Crippen LogP contribution in [-0.4, -0.2) is 10.9 Å². The minimum Gasteiger partial charge on any atom is -0.507 e. The maximum atomic E-state index is 12.2. The summed E-state index contributed by atoms with van der Waals surface area (Å²) in [5, 5.41) is 9.68. The van der Waals surface area contributed by atoms with Crippen molar-refractivity contribution in [2.75, 3.05) is 0 Å². The Kier molecular flexibility index (Phi) is 4.85. The zero-order chi connectivity index (χ0) is 17.0. The second kappa shape index (κ2) is 6.83. The van der Waals surface area contributed by atoms with Crippen LogP contribution in [-0.2, 0) is 0 Å². The van der Waals surface area contributed by atoms with Crippen LogP contribution in [0.1, 0.15) is 27.2 Å². The van der Waals surface area contributed by atoms with E-state index in [0.717, 1.165) is 12.1 Å². The summed E-state index contributed by atoms with van der Waals surface area (Å²) in [6.07, 6.45) is 1.29. The molecular formula is C17H12F2O4. The second-order valence-corrected chi connectivity index (χ2v) is 4.71. The lowest BCUT2D eigenvalue weighted by Gasteiger charge is -2.00. The van der Waals surface area contributed by atoms with Gasteiger partial charge in [0.25, 0.3) is 6.08 Å². The summed E-state index contributed by atoms with van der Waals surface area (Å²) in [6, 6.07) is 7.25. The molecule has 118 valence electrons. The summed E-state index contributed by atoms with van der Waals surface area (Å²) in [7, 11) is 0. The molecule has 1 heterocycles. The number of ketones is 1. The molecule has 0 radical (unpaired) electrons. The molecule has 0 spiro atoms. The summed E-state index contributed by atoms with van der Waals surface area (Å²) in [6.45, 7) is 1.47. The Morgan fingerprint density at radius 3 is 2.57 bits per heavy atom. The fourth-order valence-corrected chi connectivity index (χ4v) is 1.96. The van der Waals surface area contributed by atoms with Crippen molar-refractivity contribution in [3.8, 4) is 5.75 Å². The van der Waals surface area contributed by atoms with E-state index < -0.39 is 28.8 Å². The molecule has 4 nitrogen and oxygen atoms in total. The van der Waals surface area contributed by atoms with Crippen LogP contribution in [0.15, 0.2) is 51.7 Å². The summed E-state index contributed by atoms with van der Waals surface area (Å²) >= 11 is 0. The molecule has 0 aliphatic rings. The van der Waals surface area contributed by atoms with Gasteiger partial charge in [0.1, 0.15) is 17.1 Å². The number of allylic oxidation sites excluding steroid dienone is 1. The zero-order valence-corrected chi connectivity index (χ0v) is 12.0. The van der Waals surface area contributed by atoms with Crippen LogP contribution in [0.25, 0.3) is 12.2 Å². The average molecular weight is 318 g/mol. The number of carbonyl (C=O) groups excluding carboxylic acids is 1. The topological polar surface area (TPSA) is 67.5 Å². The van der Waals surface area contributed by atoms with Crippen molar-refractivity contribution in [2.45, 2.75) is 6.92 Å². The third kappa shape index (κ3) is 4.23. The quantitative estimate of drug-likeness (QED) is 0.688. The van der Waals surface area contributed by atoms with E-state index in [0.29, 0.717) is 11.6 Å². The van der Waals surface area contributed by atoms with Crippen LogP contribution in [0.5, 0.6) is 5.75 Å². The lowest BCUT2D eigenvalue weighted by atomic mass is 10.1. The van der Waals surface area contributed by atoms with Gasteiger partial charge in [0.2, 0.25) is 0 Å². The molecule has 0 saturated carbocycles. The van der Waals surface area contributed by atoms with Gasteiger partial charge in [0.05, 0.1) is 0 Å². The van der Waals surface area contributed by atoms with Gasteiger partial charge in [-0.2, -0.15) is 8.78 Å². The molecule has 0 saturated heterocycles. The molecule has 2 rings (SSSR count). The van der Waals surface area contributed by atoms with E-state index in [2.05, 4.69) is 0 Å². The van der Waals surface area contributed by atoms with E-state index >= 15 is 0 Å². The van der Waals surface area contributed by atoms with Crippen LogP contribution in [0.3, 0.4) is 0 Å². The highest BCUT2D eigenvalue weighted by Gasteiger charge is 2.15. The first-order valence-corrected chi connectivity index (χ1v) is 6.55. The highest BCUT2D eigenvalue weighted by molar-refractivity contribution is 6.08. The first kappa shape index (κ1) is 16.4. The molecule has 0 amide bonds. The van der Waals surface area contributed by atoms with E-state index in [1.165, 1.54) is 25.1 Å². The number of halogens is 2.